The van der Waals surface area contributed by atoms with Gasteiger partial charge >= 0.3 is 6.09 Å². The Morgan fingerprint density at radius 1 is 1.21 bits per heavy atom. The van der Waals surface area contributed by atoms with Crippen LogP contribution in [-0.2, 0) is 4.74 Å². The first-order valence-electron chi connectivity index (χ1n) is 8.68. The van der Waals surface area contributed by atoms with E-state index >= 15 is 0 Å². The number of hydrogen-bond acceptors (Lipinski definition) is 6. The van der Waals surface area contributed by atoms with Crippen LogP contribution in [0.3, 0.4) is 0 Å². The van der Waals surface area contributed by atoms with Crippen molar-refractivity contribution in [2.24, 2.45) is 0 Å². The van der Waals surface area contributed by atoms with Crippen molar-refractivity contribution in [3.05, 3.63) is 64.2 Å². The van der Waals surface area contributed by atoms with Crippen molar-refractivity contribution in [3.63, 3.8) is 0 Å². The minimum absolute atomic E-state index is 0.0176. The molecule has 150 valence electrons. The van der Waals surface area contributed by atoms with Gasteiger partial charge in [-0.25, -0.2) is 4.79 Å². The topological polar surface area (TPSA) is 105 Å². The van der Waals surface area contributed by atoms with Crippen LogP contribution in [0.2, 0.25) is 0 Å². The molecule has 1 unspecified atom stereocenters. The van der Waals surface area contributed by atoms with Gasteiger partial charge in [0, 0.05) is 42.5 Å². The van der Waals surface area contributed by atoms with E-state index in [-0.39, 0.29) is 12.3 Å². The van der Waals surface area contributed by atoms with Gasteiger partial charge in [-0.15, -0.1) is 11.6 Å². The number of rotatable bonds is 9. The van der Waals surface area contributed by atoms with Crippen LogP contribution in [-0.4, -0.2) is 41.7 Å². The number of amides is 1. The van der Waals surface area contributed by atoms with E-state index in [2.05, 4.69) is 5.32 Å². The van der Waals surface area contributed by atoms with E-state index in [1.165, 1.54) is 12.1 Å². The molecule has 8 nitrogen and oxygen atoms in total. The molecule has 0 bridgehead atoms. The van der Waals surface area contributed by atoms with E-state index in [0.29, 0.717) is 30.2 Å². The van der Waals surface area contributed by atoms with E-state index < -0.39 is 17.1 Å². The zero-order valence-corrected chi connectivity index (χ0v) is 16.1. The number of nitrogens with one attached hydrogen (secondary N) is 1. The molecule has 0 aliphatic heterocycles. The van der Waals surface area contributed by atoms with Crippen LogP contribution in [0, 0.1) is 10.1 Å². The lowest BCUT2D eigenvalue weighted by Gasteiger charge is -2.23. The van der Waals surface area contributed by atoms with Crippen molar-refractivity contribution < 1.29 is 19.6 Å². The number of nitro benzene ring substituents is 1. The number of aliphatic hydroxyl groups excluding tert-OH is 1. The third kappa shape index (κ3) is 6.11. The van der Waals surface area contributed by atoms with Gasteiger partial charge in [0.05, 0.1) is 11.5 Å². The summed E-state index contributed by atoms with van der Waals surface area (Å²) >= 11 is 5.77. The van der Waals surface area contributed by atoms with Crippen LogP contribution in [0.5, 0.6) is 0 Å². The molecule has 2 N–H and O–H groups in total. The number of halogens is 1. The van der Waals surface area contributed by atoms with Crippen LogP contribution in [0.25, 0.3) is 0 Å². The van der Waals surface area contributed by atoms with Gasteiger partial charge in [0.1, 0.15) is 6.10 Å². The average molecular weight is 408 g/mol. The van der Waals surface area contributed by atoms with Gasteiger partial charge in [-0.2, -0.15) is 0 Å². The highest BCUT2D eigenvalue weighted by Crippen LogP contribution is 2.22. The van der Waals surface area contributed by atoms with Crippen molar-refractivity contribution in [2.75, 3.05) is 35.8 Å². The Morgan fingerprint density at radius 2 is 1.86 bits per heavy atom. The van der Waals surface area contributed by atoms with Crippen molar-refractivity contribution in [3.8, 4) is 0 Å². The molecule has 2 aromatic rings. The maximum atomic E-state index is 12.1. The summed E-state index contributed by atoms with van der Waals surface area (Å²) in [5, 5.41) is 22.5. The predicted octanol–water partition coefficient (Wildman–Crippen LogP) is 3.94. The van der Waals surface area contributed by atoms with E-state index in [1.54, 1.807) is 31.2 Å². The molecule has 2 aromatic carbocycles. The molecule has 0 aliphatic carbocycles. The smallest absolute Gasteiger partial charge is 0.412 e. The highest BCUT2D eigenvalue weighted by molar-refractivity contribution is 6.18. The van der Waals surface area contributed by atoms with Gasteiger partial charge in [-0.1, -0.05) is 0 Å². The summed E-state index contributed by atoms with van der Waals surface area (Å²) < 4.78 is 5.31. The largest absolute Gasteiger partial charge is 0.441 e. The van der Waals surface area contributed by atoms with Gasteiger partial charge in [-0.05, 0) is 48.9 Å². The van der Waals surface area contributed by atoms with Crippen molar-refractivity contribution >= 4 is 34.8 Å². The Kier molecular flexibility index (Phi) is 8.03. The average Bonchev–Trinajstić information content (AvgIpc) is 2.68. The number of nitro groups is 1. The first-order valence-corrected chi connectivity index (χ1v) is 9.22. The first kappa shape index (κ1) is 21.5. The van der Waals surface area contributed by atoms with Crippen LogP contribution in [0.4, 0.5) is 21.9 Å². The fourth-order valence-electron chi connectivity index (χ4n) is 2.59. The quantitative estimate of drug-likeness (QED) is 0.370. The molecule has 2 rings (SSSR count). The molecule has 1 atom stereocenters. The Hall–Kier alpha value is -2.84. The number of carbonyl (C=O) groups is 1. The number of benzene rings is 2. The molecule has 1 amide bonds. The normalized spacial score (nSPS) is 11.5. The van der Waals surface area contributed by atoms with E-state index in [4.69, 9.17) is 21.4 Å². The molecule has 0 aromatic heterocycles. The predicted molar refractivity (Wildman–Crippen MR) is 108 cm³/mol. The summed E-state index contributed by atoms with van der Waals surface area (Å²) in [5.41, 5.74) is 2.06. The lowest BCUT2D eigenvalue weighted by atomic mass is 10.1. The SMILES string of the molecule is CC(OC(=O)Nc1ccc(N(CCO)CCCl)cc1)c1ccc([N+](=O)[O-])cc1. The van der Waals surface area contributed by atoms with Crippen LogP contribution < -0.4 is 10.2 Å². The van der Waals surface area contributed by atoms with Crippen molar-refractivity contribution in [1.29, 1.82) is 0 Å². The Balaban J connectivity index is 1.93. The molecule has 9 heteroatoms. The molecular formula is C19H22ClN3O5. The summed E-state index contributed by atoms with van der Waals surface area (Å²) in [7, 11) is 0. The molecule has 0 fully saturated rings. The van der Waals surface area contributed by atoms with Gasteiger partial charge in [0.2, 0.25) is 0 Å². The monoisotopic (exact) mass is 407 g/mol. The molecule has 0 saturated heterocycles. The maximum absolute atomic E-state index is 12.1. The third-order valence-electron chi connectivity index (χ3n) is 4.06. The number of carbonyl (C=O) groups excluding carboxylic acids is 1. The first-order chi connectivity index (χ1) is 13.4. The fraction of sp³-hybridized carbons (Fsp3) is 0.316. The molecule has 0 radical (unpaired) electrons. The number of anilines is 2. The summed E-state index contributed by atoms with van der Waals surface area (Å²) in [5.74, 6) is 0.437. The highest BCUT2D eigenvalue weighted by Gasteiger charge is 2.14. The second-order valence-electron chi connectivity index (χ2n) is 5.97. The number of aliphatic hydroxyl groups is 1. The van der Waals surface area contributed by atoms with Crippen LogP contribution in [0.1, 0.15) is 18.6 Å². The van der Waals surface area contributed by atoms with Gasteiger partial charge < -0.3 is 14.7 Å². The highest BCUT2D eigenvalue weighted by atomic mass is 35.5. The van der Waals surface area contributed by atoms with Gasteiger partial charge in [0.15, 0.2) is 0 Å². The van der Waals surface area contributed by atoms with E-state index in [1.807, 2.05) is 17.0 Å². The summed E-state index contributed by atoms with van der Waals surface area (Å²) in [6.45, 7) is 2.77. The van der Waals surface area contributed by atoms with Gasteiger partial charge in [0.25, 0.3) is 5.69 Å². The number of hydrogen-bond donors (Lipinski definition) is 2. The molecule has 0 spiro atoms. The lowest BCUT2D eigenvalue weighted by molar-refractivity contribution is -0.384. The number of alkyl halides is 1. The molecular weight excluding hydrogens is 386 g/mol. The fourth-order valence-corrected chi connectivity index (χ4v) is 2.80. The van der Waals surface area contributed by atoms with Crippen LogP contribution in [0.15, 0.2) is 48.5 Å². The van der Waals surface area contributed by atoms with Crippen molar-refractivity contribution in [1.82, 2.24) is 0 Å². The van der Waals surface area contributed by atoms with E-state index in [0.717, 1.165) is 5.69 Å². The molecule has 0 saturated carbocycles. The second kappa shape index (κ2) is 10.5. The minimum Gasteiger partial charge on any atom is -0.441 e. The summed E-state index contributed by atoms with van der Waals surface area (Å²) in [6, 6.07) is 12.9. The lowest BCUT2D eigenvalue weighted by Crippen LogP contribution is -2.28. The number of nitrogens with zero attached hydrogens (tertiary/aromatic N) is 2. The molecule has 28 heavy (non-hydrogen) atoms. The Bertz CT molecular complexity index is 777. The number of ether oxygens (including phenoxy) is 1. The minimum atomic E-state index is -0.633. The molecule has 0 heterocycles. The molecule has 0 aliphatic rings. The van der Waals surface area contributed by atoms with Crippen LogP contribution >= 0.6 is 11.6 Å². The van der Waals surface area contributed by atoms with E-state index in [9.17, 15) is 14.9 Å². The summed E-state index contributed by atoms with van der Waals surface area (Å²) in [6.07, 6.45) is -1.20. The van der Waals surface area contributed by atoms with Gasteiger partial charge in [-0.3, -0.25) is 15.4 Å². The Labute approximate surface area is 167 Å². The zero-order valence-electron chi connectivity index (χ0n) is 15.4. The Morgan fingerprint density at radius 3 is 2.39 bits per heavy atom. The second-order valence-corrected chi connectivity index (χ2v) is 6.35. The van der Waals surface area contributed by atoms with Crippen molar-refractivity contribution in [2.45, 2.75) is 13.0 Å². The zero-order chi connectivity index (χ0) is 20.5. The standard InChI is InChI=1S/C19H22ClN3O5/c1-14(15-2-6-18(7-3-15)23(26)27)28-19(25)21-16-4-8-17(9-5-16)22(11-10-20)12-13-24/h2-9,14,24H,10-13H2,1H3,(H,21,25). The maximum Gasteiger partial charge on any atom is 0.412 e. The third-order valence-corrected chi connectivity index (χ3v) is 4.23. The summed E-state index contributed by atoms with van der Waals surface area (Å²) in [4.78, 5) is 24.2. The number of non-ortho nitro benzene ring substituents is 1.